The normalized spacial score (nSPS) is 18.0. The first-order valence-electron chi connectivity index (χ1n) is 18.7. The largest absolute Gasteiger partial charge is 0.368 e. The SMILES string of the molecule is NC(=O)C1(NC(=O)[C@H](Cc2ccccc2)NC(=O)[C@@H](Cc2c[nH]c3ccccc23)NC(=O)[C@@H](Cc2csc3ccccc23)NC(=O)[C@H]2CCN2)CCNCC1. The van der Waals surface area contributed by atoms with E-state index in [9.17, 15) is 24.0 Å². The van der Waals surface area contributed by atoms with Gasteiger partial charge in [0, 0.05) is 41.1 Å². The molecule has 9 N–H and O–H groups in total. The molecule has 2 aliphatic heterocycles. The molecular formula is C41H46N8O5S. The van der Waals surface area contributed by atoms with Crippen LogP contribution in [0.5, 0.6) is 0 Å². The number of carbonyl (C=O) groups is 5. The number of hydrogen-bond acceptors (Lipinski definition) is 8. The van der Waals surface area contributed by atoms with Crippen molar-refractivity contribution < 1.29 is 24.0 Å². The Morgan fingerprint density at radius 2 is 1.35 bits per heavy atom. The Hall–Kier alpha value is -5.57. The van der Waals surface area contributed by atoms with Gasteiger partial charge in [0.15, 0.2) is 0 Å². The Kier molecular flexibility index (Phi) is 11.6. The monoisotopic (exact) mass is 762 g/mol. The lowest BCUT2D eigenvalue weighted by Crippen LogP contribution is -2.65. The van der Waals surface area contributed by atoms with Gasteiger partial charge in [0.25, 0.3) is 0 Å². The summed E-state index contributed by atoms with van der Waals surface area (Å²) in [6, 6.07) is 21.1. The van der Waals surface area contributed by atoms with Crippen LogP contribution in [-0.2, 0) is 43.2 Å². The van der Waals surface area contributed by atoms with Crippen LogP contribution in [0, 0.1) is 0 Å². The maximum atomic E-state index is 14.5. The van der Waals surface area contributed by atoms with E-state index in [0.29, 0.717) is 38.9 Å². The molecule has 0 saturated carbocycles. The molecule has 7 rings (SSSR count). The topological polar surface area (TPSA) is 199 Å². The molecule has 55 heavy (non-hydrogen) atoms. The number of primary amides is 1. The molecule has 0 aliphatic carbocycles. The maximum Gasteiger partial charge on any atom is 0.243 e. The van der Waals surface area contributed by atoms with E-state index in [2.05, 4.69) is 36.9 Å². The van der Waals surface area contributed by atoms with Crippen molar-refractivity contribution >= 4 is 61.9 Å². The van der Waals surface area contributed by atoms with Crippen molar-refractivity contribution in [1.29, 1.82) is 0 Å². The van der Waals surface area contributed by atoms with Crippen LogP contribution in [0.25, 0.3) is 21.0 Å². The number of nitrogens with one attached hydrogen (secondary N) is 7. The number of H-pyrrole nitrogens is 1. The van der Waals surface area contributed by atoms with Crippen molar-refractivity contribution in [2.75, 3.05) is 19.6 Å². The standard InChI is InChI=1S/C41H46N8O5S/c42-40(54)41(15-18-43-19-16-41)49-39(53)32(20-25-8-2-1-3-9-25)46-37(51)33(21-26-23-45-30-12-6-4-10-28(26)30)48-38(52)34(47-36(50)31-14-17-44-31)22-27-24-55-35-13-7-5-11-29(27)35/h1-13,23-24,31-34,43-45H,14-22H2,(H2,42,54)(H,46,51)(H,47,50)(H,48,52)(H,49,53)/t31-,32+,33-,34-/m1/s1. The number of aromatic amines is 1. The number of hydrogen-bond donors (Lipinski definition) is 8. The van der Waals surface area contributed by atoms with Gasteiger partial charge in [-0.05, 0) is 78.5 Å². The zero-order chi connectivity index (χ0) is 38.4. The van der Waals surface area contributed by atoms with Crippen molar-refractivity contribution in [3.63, 3.8) is 0 Å². The molecule has 13 nitrogen and oxygen atoms in total. The predicted molar refractivity (Wildman–Crippen MR) is 212 cm³/mol. The van der Waals surface area contributed by atoms with Gasteiger partial charge in [0.05, 0.1) is 6.04 Å². The average Bonchev–Trinajstić information content (AvgIpc) is 3.77. The summed E-state index contributed by atoms with van der Waals surface area (Å²) in [6.45, 7) is 1.70. The van der Waals surface area contributed by atoms with E-state index in [4.69, 9.17) is 5.73 Å². The zero-order valence-corrected chi connectivity index (χ0v) is 31.2. The second-order valence-electron chi connectivity index (χ2n) is 14.4. The second-order valence-corrected chi connectivity index (χ2v) is 15.3. The lowest BCUT2D eigenvalue weighted by molar-refractivity contribution is -0.136. The maximum absolute atomic E-state index is 14.5. The summed E-state index contributed by atoms with van der Waals surface area (Å²) in [5, 5.41) is 21.9. The summed E-state index contributed by atoms with van der Waals surface area (Å²) in [7, 11) is 0. The molecule has 2 aliphatic rings. The Balaban J connectivity index is 1.18. The molecule has 0 bridgehead atoms. The molecule has 4 atom stereocenters. The fraction of sp³-hybridized carbons (Fsp3) is 0.341. The Labute approximate surface area is 322 Å². The van der Waals surface area contributed by atoms with E-state index < -0.39 is 53.3 Å². The fourth-order valence-corrected chi connectivity index (χ4v) is 8.32. The van der Waals surface area contributed by atoms with Gasteiger partial charge in [-0.3, -0.25) is 24.0 Å². The van der Waals surface area contributed by atoms with Gasteiger partial charge in [0.1, 0.15) is 23.7 Å². The second kappa shape index (κ2) is 16.8. The molecule has 0 unspecified atom stereocenters. The number of benzene rings is 3. The van der Waals surface area contributed by atoms with Crippen molar-refractivity contribution in [3.8, 4) is 0 Å². The third-order valence-corrected chi connectivity index (χ3v) is 11.7. The molecular weight excluding hydrogens is 717 g/mol. The first kappa shape index (κ1) is 37.7. The van der Waals surface area contributed by atoms with Crippen LogP contribution in [0.15, 0.2) is 90.4 Å². The summed E-state index contributed by atoms with van der Waals surface area (Å²) in [6.07, 6.45) is 3.49. The number of fused-ring (bicyclic) bond motifs is 2. The van der Waals surface area contributed by atoms with Gasteiger partial charge in [-0.25, -0.2) is 0 Å². The Bertz CT molecular complexity index is 2170. The van der Waals surface area contributed by atoms with Crippen molar-refractivity contribution in [2.24, 2.45) is 5.73 Å². The number of para-hydroxylation sites is 1. The predicted octanol–water partition coefficient (Wildman–Crippen LogP) is 1.95. The minimum Gasteiger partial charge on any atom is -0.368 e. The third kappa shape index (κ3) is 8.72. The van der Waals surface area contributed by atoms with Gasteiger partial charge < -0.3 is 42.6 Å². The number of aromatic nitrogens is 1. The molecule has 4 heterocycles. The van der Waals surface area contributed by atoms with E-state index in [0.717, 1.165) is 37.7 Å². The smallest absolute Gasteiger partial charge is 0.243 e. The van der Waals surface area contributed by atoms with Crippen molar-refractivity contribution in [2.45, 2.75) is 68.2 Å². The summed E-state index contributed by atoms with van der Waals surface area (Å²) in [5.41, 5.74) is 7.92. The van der Waals surface area contributed by atoms with Gasteiger partial charge in [-0.15, -0.1) is 11.3 Å². The molecule has 5 amide bonds. The van der Waals surface area contributed by atoms with Gasteiger partial charge >= 0.3 is 0 Å². The number of rotatable bonds is 15. The third-order valence-electron chi connectivity index (χ3n) is 10.7. The van der Waals surface area contributed by atoms with Crippen molar-refractivity contribution in [3.05, 3.63) is 107 Å². The highest BCUT2D eigenvalue weighted by atomic mass is 32.1. The van der Waals surface area contributed by atoms with Crippen molar-refractivity contribution in [1.82, 2.24) is 36.9 Å². The van der Waals surface area contributed by atoms with Crippen LogP contribution in [0.2, 0.25) is 0 Å². The van der Waals surface area contributed by atoms with Crippen LogP contribution >= 0.6 is 11.3 Å². The molecule has 3 aromatic carbocycles. The minimum atomic E-state index is -1.27. The number of amides is 5. The van der Waals surface area contributed by atoms with Crippen LogP contribution in [0.1, 0.15) is 36.0 Å². The minimum absolute atomic E-state index is 0.0877. The highest BCUT2D eigenvalue weighted by molar-refractivity contribution is 7.17. The lowest BCUT2D eigenvalue weighted by atomic mass is 9.87. The zero-order valence-electron chi connectivity index (χ0n) is 30.4. The van der Waals surface area contributed by atoms with E-state index in [-0.39, 0.29) is 25.2 Å². The van der Waals surface area contributed by atoms with Crippen LogP contribution in [0.4, 0.5) is 0 Å². The summed E-state index contributed by atoms with van der Waals surface area (Å²) in [5.74, 6) is -2.61. The van der Waals surface area contributed by atoms with Crippen LogP contribution < -0.4 is 37.6 Å². The highest BCUT2D eigenvalue weighted by Crippen LogP contribution is 2.27. The molecule has 5 aromatic rings. The molecule has 2 aromatic heterocycles. The molecule has 2 saturated heterocycles. The van der Waals surface area contributed by atoms with E-state index in [1.54, 1.807) is 17.5 Å². The van der Waals surface area contributed by atoms with Gasteiger partial charge in [0.2, 0.25) is 29.5 Å². The Morgan fingerprint density at radius 3 is 2.04 bits per heavy atom. The van der Waals surface area contributed by atoms with E-state index in [1.165, 1.54) is 0 Å². The van der Waals surface area contributed by atoms with Gasteiger partial charge in [-0.2, -0.15) is 0 Å². The van der Waals surface area contributed by atoms with E-state index >= 15 is 0 Å². The molecule has 286 valence electrons. The average molecular weight is 763 g/mol. The first-order chi connectivity index (χ1) is 26.7. The lowest BCUT2D eigenvalue weighted by Gasteiger charge is -2.36. The first-order valence-corrected chi connectivity index (χ1v) is 19.6. The number of nitrogens with two attached hydrogens (primary N) is 1. The fourth-order valence-electron chi connectivity index (χ4n) is 7.35. The molecule has 0 spiro atoms. The number of carbonyl (C=O) groups excluding carboxylic acids is 5. The van der Waals surface area contributed by atoms with E-state index in [1.807, 2.05) is 84.2 Å². The van der Waals surface area contributed by atoms with Crippen LogP contribution in [0.3, 0.4) is 0 Å². The molecule has 2 fully saturated rings. The van der Waals surface area contributed by atoms with Gasteiger partial charge in [-0.1, -0.05) is 66.7 Å². The number of piperidine rings is 1. The Morgan fingerprint density at radius 1 is 0.727 bits per heavy atom. The summed E-state index contributed by atoms with van der Waals surface area (Å²) < 4.78 is 1.06. The number of thiophene rings is 1. The summed E-state index contributed by atoms with van der Waals surface area (Å²) >= 11 is 1.56. The molecule has 14 heteroatoms. The van der Waals surface area contributed by atoms with Crippen LogP contribution in [-0.4, -0.2) is 83.9 Å². The quantitative estimate of drug-likeness (QED) is 0.0797. The molecule has 0 radical (unpaired) electrons. The summed E-state index contributed by atoms with van der Waals surface area (Å²) in [4.78, 5) is 72.3. The highest BCUT2D eigenvalue weighted by Gasteiger charge is 2.41.